The number of hydrogen-bond donors (Lipinski definition) is 11. The summed E-state index contributed by atoms with van der Waals surface area (Å²) in [5, 5.41) is 114. The van der Waals surface area contributed by atoms with E-state index in [-0.39, 0.29) is 33.8 Å². The van der Waals surface area contributed by atoms with Crippen molar-refractivity contribution in [3.05, 3.63) is 46.6 Å². The molecule has 0 bridgehead atoms. The lowest BCUT2D eigenvalue weighted by molar-refractivity contribution is -0.369. The van der Waals surface area contributed by atoms with Crippen LogP contribution >= 0.6 is 0 Å². The maximum absolute atomic E-state index is 12.9. The van der Waals surface area contributed by atoms with Gasteiger partial charge in [0, 0.05) is 17.7 Å². The molecule has 4 heterocycles. The van der Waals surface area contributed by atoms with Crippen LogP contribution in [0.1, 0.15) is 6.92 Å². The second-order valence-electron chi connectivity index (χ2n) is 13.1. The third-order valence-corrected chi connectivity index (χ3v) is 9.55. The van der Waals surface area contributed by atoms with Crippen LogP contribution in [-0.2, 0) is 23.7 Å². The predicted molar refractivity (Wildman–Crippen MR) is 176 cm³/mol. The average molecular weight is 771 g/mol. The SMILES string of the molecule is COc1cc(O)c2c(=O)c(O)c(-c3ccc(O[C@H]4O[C@@H](CO[C@H]5O[C@H](C)[C@@H](O)[C@H](O)[C@@H]5O[C@H]5O[C@@H](CO)[C@H](O)[C@@H](O)[C@@H]5O)[C@H](O)[C@@H](O)[C@@H]4O)cc3)oc2c1. The molecule has 0 saturated carbocycles. The standard InChI is InChI=1S/C34H42O20/c1-11-20(37)26(43)31(54-33-29(46)24(41)21(38)17(9-35)52-33)34(49-11)48-10-18-22(39)25(42)28(45)32(53-18)50-13-5-3-12(4-6-13)30-27(44)23(40)19-15(36)7-14(47-2)8-16(19)51-30/h3-8,11,17-18,20-22,24-26,28-29,31-39,41-46H,9-10H2,1-2H3/t11-,17+,18+,20-,21+,22+,24-,25-,26+,28+,29+,31+,32+,33-,34+/m1/s1. The van der Waals surface area contributed by atoms with Gasteiger partial charge in [-0.15, -0.1) is 0 Å². The summed E-state index contributed by atoms with van der Waals surface area (Å²) in [5.74, 6) is -1.21. The van der Waals surface area contributed by atoms with Gasteiger partial charge in [-0.3, -0.25) is 4.79 Å². The van der Waals surface area contributed by atoms with Crippen molar-refractivity contribution in [1.82, 2.24) is 0 Å². The highest BCUT2D eigenvalue weighted by molar-refractivity contribution is 5.88. The summed E-state index contributed by atoms with van der Waals surface area (Å²) in [5.41, 5.74) is -0.741. The molecule has 3 aliphatic rings. The molecule has 15 atom stereocenters. The van der Waals surface area contributed by atoms with E-state index >= 15 is 0 Å². The minimum absolute atomic E-state index is 0.0579. The van der Waals surface area contributed by atoms with Crippen molar-refractivity contribution >= 4 is 11.0 Å². The Hall–Kier alpha value is -3.71. The molecule has 6 rings (SSSR count). The predicted octanol–water partition coefficient (Wildman–Crippen LogP) is -3.27. The molecule has 0 spiro atoms. The Morgan fingerprint density at radius 2 is 1.33 bits per heavy atom. The number of ether oxygens (including phenoxy) is 7. The van der Waals surface area contributed by atoms with E-state index in [0.29, 0.717) is 0 Å². The number of phenols is 1. The molecule has 0 aliphatic carbocycles. The van der Waals surface area contributed by atoms with E-state index in [1.807, 2.05) is 0 Å². The Morgan fingerprint density at radius 1 is 0.704 bits per heavy atom. The number of aliphatic hydroxyl groups is 9. The van der Waals surface area contributed by atoms with E-state index < -0.39 is 122 Å². The molecule has 298 valence electrons. The fraction of sp³-hybridized carbons (Fsp3) is 0.559. The van der Waals surface area contributed by atoms with Gasteiger partial charge in [0.05, 0.1) is 26.4 Å². The minimum Gasteiger partial charge on any atom is -0.507 e. The number of rotatable bonds is 10. The topological polar surface area (TPSA) is 317 Å². The molecule has 54 heavy (non-hydrogen) atoms. The third kappa shape index (κ3) is 7.59. The Morgan fingerprint density at radius 3 is 1.98 bits per heavy atom. The van der Waals surface area contributed by atoms with Gasteiger partial charge in [-0.2, -0.15) is 0 Å². The molecule has 1 aromatic heterocycles. The van der Waals surface area contributed by atoms with E-state index in [9.17, 15) is 61.0 Å². The zero-order valence-corrected chi connectivity index (χ0v) is 28.6. The first-order valence-electron chi connectivity index (χ1n) is 16.8. The molecule has 3 aliphatic heterocycles. The van der Waals surface area contributed by atoms with Gasteiger partial charge in [0.15, 0.2) is 18.3 Å². The normalized spacial score (nSPS) is 37.3. The highest BCUT2D eigenvalue weighted by atomic mass is 16.8. The monoisotopic (exact) mass is 770 g/mol. The van der Waals surface area contributed by atoms with Crippen molar-refractivity contribution in [3.63, 3.8) is 0 Å². The summed E-state index contributed by atoms with van der Waals surface area (Å²) in [7, 11) is 1.35. The fourth-order valence-corrected chi connectivity index (χ4v) is 6.35. The van der Waals surface area contributed by atoms with Crippen LogP contribution in [-0.4, -0.2) is 169 Å². The highest BCUT2D eigenvalue weighted by Gasteiger charge is 2.51. The maximum Gasteiger partial charge on any atom is 0.238 e. The van der Waals surface area contributed by atoms with Crippen LogP contribution in [0.3, 0.4) is 0 Å². The molecule has 0 radical (unpaired) electrons. The fourth-order valence-electron chi connectivity index (χ4n) is 6.35. The number of methoxy groups -OCH3 is 1. The largest absolute Gasteiger partial charge is 0.507 e. The molecule has 20 nitrogen and oxygen atoms in total. The summed E-state index contributed by atoms with van der Waals surface area (Å²) >= 11 is 0. The summed E-state index contributed by atoms with van der Waals surface area (Å²) in [4.78, 5) is 12.9. The van der Waals surface area contributed by atoms with Gasteiger partial charge < -0.3 is 93.7 Å². The van der Waals surface area contributed by atoms with Crippen molar-refractivity contribution in [2.45, 2.75) is 99.0 Å². The van der Waals surface area contributed by atoms with Crippen molar-refractivity contribution in [2.24, 2.45) is 0 Å². The lowest BCUT2D eigenvalue weighted by atomic mass is 9.97. The molecular formula is C34H42O20. The summed E-state index contributed by atoms with van der Waals surface area (Å²) in [6, 6.07) is 8.09. The first-order valence-corrected chi connectivity index (χ1v) is 16.8. The Bertz CT molecular complexity index is 1800. The smallest absolute Gasteiger partial charge is 0.238 e. The van der Waals surface area contributed by atoms with Crippen LogP contribution in [0, 0.1) is 0 Å². The minimum atomic E-state index is -1.87. The molecule has 3 aromatic rings. The van der Waals surface area contributed by atoms with E-state index in [1.165, 1.54) is 50.4 Å². The van der Waals surface area contributed by atoms with Crippen LogP contribution in [0.4, 0.5) is 0 Å². The van der Waals surface area contributed by atoms with Crippen LogP contribution in [0.15, 0.2) is 45.6 Å². The van der Waals surface area contributed by atoms with Gasteiger partial charge in [0.25, 0.3) is 0 Å². The second kappa shape index (κ2) is 16.2. The summed E-state index contributed by atoms with van der Waals surface area (Å²) in [6.07, 6.45) is -24.3. The molecule has 3 saturated heterocycles. The number of phenolic OH excluding ortho intramolecular Hbond substituents is 1. The quantitative estimate of drug-likeness (QED) is 0.0964. The zero-order valence-electron chi connectivity index (χ0n) is 28.6. The highest BCUT2D eigenvalue weighted by Crippen LogP contribution is 2.37. The molecule has 3 fully saturated rings. The third-order valence-electron chi connectivity index (χ3n) is 9.55. The number of hydrogen-bond acceptors (Lipinski definition) is 20. The van der Waals surface area contributed by atoms with Crippen molar-refractivity contribution in [1.29, 1.82) is 0 Å². The first-order chi connectivity index (χ1) is 25.6. The van der Waals surface area contributed by atoms with Gasteiger partial charge in [0.1, 0.15) is 95.4 Å². The molecular weight excluding hydrogens is 728 g/mol. The average Bonchev–Trinajstić information content (AvgIpc) is 3.16. The van der Waals surface area contributed by atoms with Crippen LogP contribution in [0.25, 0.3) is 22.3 Å². The van der Waals surface area contributed by atoms with Crippen LogP contribution < -0.4 is 14.9 Å². The Kier molecular flexibility index (Phi) is 12.0. The van der Waals surface area contributed by atoms with E-state index in [4.69, 9.17) is 37.6 Å². The zero-order chi connectivity index (χ0) is 39.2. The van der Waals surface area contributed by atoms with Crippen molar-refractivity contribution in [2.75, 3.05) is 20.3 Å². The van der Waals surface area contributed by atoms with Crippen molar-refractivity contribution in [3.8, 4) is 34.3 Å². The van der Waals surface area contributed by atoms with Gasteiger partial charge in [-0.25, -0.2) is 0 Å². The van der Waals surface area contributed by atoms with E-state index in [0.717, 1.165) is 0 Å². The Labute approximate surface area is 305 Å². The van der Waals surface area contributed by atoms with E-state index in [1.54, 1.807) is 0 Å². The van der Waals surface area contributed by atoms with Gasteiger partial charge >= 0.3 is 0 Å². The number of fused-ring (bicyclic) bond motifs is 1. The molecule has 0 unspecified atom stereocenters. The van der Waals surface area contributed by atoms with Crippen LogP contribution in [0.5, 0.6) is 23.0 Å². The number of benzene rings is 2. The second-order valence-corrected chi connectivity index (χ2v) is 13.1. The molecule has 20 heteroatoms. The van der Waals surface area contributed by atoms with Gasteiger partial charge in [-0.1, -0.05) is 0 Å². The van der Waals surface area contributed by atoms with Gasteiger partial charge in [0.2, 0.25) is 17.5 Å². The van der Waals surface area contributed by atoms with Crippen molar-refractivity contribution < 1.29 is 93.7 Å². The van der Waals surface area contributed by atoms with E-state index in [2.05, 4.69) is 0 Å². The van der Waals surface area contributed by atoms with Gasteiger partial charge in [-0.05, 0) is 31.2 Å². The molecule has 11 N–H and O–H groups in total. The lowest BCUT2D eigenvalue weighted by Gasteiger charge is -2.46. The van der Waals surface area contributed by atoms with Crippen LogP contribution in [0.2, 0.25) is 0 Å². The number of aromatic hydroxyl groups is 2. The lowest BCUT2D eigenvalue weighted by Crippen LogP contribution is -2.64. The summed E-state index contributed by atoms with van der Waals surface area (Å²) < 4.78 is 44.7. The Balaban J connectivity index is 1.15. The first kappa shape index (κ1) is 40.0. The molecule has 0 amide bonds. The number of aliphatic hydroxyl groups excluding tert-OH is 9. The molecule has 2 aromatic carbocycles. The maximum atomic E-state index is 12.9. The summed E-state index contributed by atoms with van der Waals surface area (Å²) in [6.45, 7) is 0.0481.